The van der Waals surface area contributed by atoms with Gasteiger partial charge in [0, 0.05) is 36.9 Å². The molecule has 1 aromatic heterocycles. The Balaban J connectivity index is 1.64. The van der Waals surface area contributed by atoms with E-state index < -0.39 is 5.91 Å². The fourth-order valence-corrected chi connectivity index (χ4v) is 4.16. The number of rotatable bonds is 5. The van der Waals surface area contributed by atoms with E-state index in [2.05, 4.69) is 9.94 Å². The molecule has 1 aliphatic rings. The molecule has 9 heteroatoms. The van der Waals surface area contributed by atoms with Gasteiger partial charge in [-0.3, -0.25) is 14.3 Å². The Morgan fingerprint density at radius 3 is 2.55 bits per heavy atom. The second kappa shape index (κ2) is 8.96. The van der Waals surface area contributed by atoms with Gasteiger partial charge in [-0.15, -0.1) is 0 Å². The third kappa shape index (κ3) is 4.54. The maximum absolute atomic E-state index is 13.0. The van der Waals surface area contributed by atoms with Gasteiger partial charge in [0.2, 0.25) is 5.91 Å². The largest absolute Gasteiger partial charge is 0.378 e. The van der Waals surface area contributed by atoms with Crippen molar-refractivity contribution < 1.29 is 9.59 Å². The third-order valence-corrected chi connectivity index (χ3v) is 5.89. The lowest BCUT2D eigenvalue weighted by atomic mass is 10.0. The van der Waals surface area contributed by atoms with Crippen molar-refractivity contribution >= 4 is 34.8 Å². The lowest BCUT2D eigenvalue weighted by Crippen LogP contribution is -2.40. The van der Waals surface area contributed by atoms with Crippen LogP contribution in [-0.2, 0) is 24.3 Å². The van der Waals surface area contributed by atoms with Crippen LogP contribution in [0.25, 0.3) is 16.1 Å². The van der Waals surface area contributed by atoms with Crippen molar-refractivity contribution in [2.75, 3.05) is 25.5 Å². The van der Waals surface area contributed by atoms with Crippen molar-refractivity contribution in [3.05, 3.63) is 75.7 Å². The highest BCUT2D eigenvalue weighted by molar-refractivity contribution is 6.31. The third-order valence-electron chi connectivity index (χ3n) is 5.67. The number of nitrogens with two attached hydrogens (primary N) is 1. The van der Waals surface area contributed by atoms with Crippen molar-refractivity contribution in [1.29, 1.82) is 0 Å². The number of hydrogen-bond donors (Lipinski definition) is 1. The number of carbonyl (C=O) groups excluding carboxylic acids is 2. The van der Waals surface area contributed by atoms with E-state index in [1.807, 2.05) is 31.1 Å². The zero-order valence-electron chi connectivity index (χ0n) is 18.4. The fourth-order valence-electron chi connectivity index (χ4n) is 3.94. The van der Waals surface area contributed by atoms with Crippen molar-refractivity contribution in [2.24, 2.45) is 5.73 Å². The van der Waals surface area contributed by atoms with Gasteiger partial charge in [-0.2, -0.15) is 5.10 Å². The van der Waals surface area contributed by atoms with Crippen LogP contribution >= 0.6 is 11.6 Å². The zero-order chi connectivity index (χ0) is 23.7. The molecule has 2 aromatic carbocycles. The molecule has 33 heavy (non-hydrogen) atoms. The first-order valence-electron chi connectivity index (χ1n) is 10.4. The molecule has 0 saturated carbocycles. The van der Waals surface area contributed by atoms with E-state index in [0.29, 0.717) is 46.3 Å². The van der Waals surface area contributed by atoms with Crippen LogP contribution in [-0.4, -0.2) is 47.1 Å². The maximum atomic E-state index is 13.0. The molecule has 4 rings (SSSR count). The van der Waals surface area contributed by atoms with Crippen molar-refractivity contribution in [1.82, 2.24) is 14.7 Å². The first kappa shape index (κ1) is 22.4. The van der Waals surface area contributed by atoms with E-state index >= 15 is 0 Å². The Labute approximate surface area is 197 Å². The molecule has 0 atom stereocenters. The molecule has 0 bridgehead atoms. The predicted molar refractivity (Wildman–Crippen MR) is 127 cm³/mol. The Bertz CT molecular complexity index is 1270. The van der Waals surface area contributed by atoms with Gasteiger partial charge in [0.15, 0.2) is 5.69 Å². The van der Waals surface area contributed by atoms with Gasteiger partial charge in [0.25, 0.3) is 5.91 Å². The van der Waals surface area contributed by atoms with E-state index in [1.165, 1.54) is 0 Å². The van der Waals surface area contributed by atoms with Gasteiger partial charge in [-0.05, 0) is 23.8 Å². The van der Waals surface area contributed by atoms with Crippen LogP contribution in [0.4, 0.5) is 11.4 Å². The highest BCUT2D eigenvalue weighted by Gasteiger charge is 2.29. The lowest BCUT2D eigenvalue weighted by molar-refractivity contribution is -0.132. The van der Waals surface area contributed by atoms with Crippen molar-refractivity contribution in [2.45, 2.75) is 19.5 Å². The van der Waals surface area contributed by atoms with Crippen LogP contribution < -0.4 is 10.6 Å². The Morgan fingerprint density at radius 2 is 1.91 bits per heavy atom. The van der Waals surface area contributed by atoms with Gasteiger partial charge >= 0.3 is 0 Å². The van der Waals surface area contributed by atoms with Crippen LogP contribution in [0.3, 0.4) is 0 Å². The summed E-state index contributed by atoms with van der Waals surface area (Å²) in [7, 11) is 3.81. The number of benzene rings is 2. The highest BCUT2D eigenvalue weighted by atomic mass is 35.5. The van der Waals surface area contributed by atoms with E-state index in [1.54, 1.807) is 39.9 Å². The summed E-state index contributed by atoms with van der Waals surface area (Å²) in [5, 5.41) is 5.18. The summed E-state index contributed by atoms with van der Waals surface area (Å²) < 4.78 is 1.75. The summed E-state index contributed by atoms with van der Waals surface area (Å²) in [4.78, 5) is 32.4. The summed E-state index contributed by atoms with van der Waals surface area (Å²) in [6.45, 7) is 8.22. The number of fused-ring (bicyclic) bond motifs is 1. The molecule has 2 amide bonds. The number of carbonyl (C=O) groups is 2. The van der Waals surface area contributed by atoms with Crippen molar-refractivity contribution in [3.8, 4) is 11.3 Å². The van der Waals surface area contributed by atoms with Crippen molar-refractivity contribution in [3.63, 3.8) is 0 Å². The average Bonchev–Trinajstić information content (AvgIpc) is 3.18. The molecular formula is C24H23ClN6O2. The molecule has 2 heterocycles. The molecule has 8 nitrogen and oxygen atoms in total. The number of primary amides is 1. The summed E-state index contributed by atoms with van der Waals surface area (Å²) in [6, 6.07) is 12.5. The molecule has 0 saturated heterocycles. The minimum absolute atomic E-state index is 0.0624. The summed E-state index contributed by atoms with van der Waals surface area (Å²) in [6.07, 6.45) is 0.214. The van der Waals surface area contributed by atoms with Gasteiger partial charge < -0.3 is 15.5 Å². The average molecular weight is 463 g/mol. The second-order valence-electron chi connectivity index (χ2n) is 8.12. The Hall–Kier alpha value is -3.83. The number of nitrogens with zero attached hydrogens (tertiary/aromatic N) is 5. The molecule has 3 aromatic rings. The predicted octanol–water partition coefficient (Wildman–Crippen LogP) is 3.50. The second-order valence-corrected chi connectivity index (χ2v) is 8.56. The molecule has 2 N–H and O–H groups in total. The number of hydrogen-bond acceptors (Lipinski definition) is 4. The van der Waals surface area contributed by atoms with Gasteiger partial charge in [0.05, 0.1) is 37.3 Å². The van der Waals surface area contributed by atoms with E-state index in [0.717, 1.165) is 11.3 Å². The van der Waals surface area contributed by atoms with Gasteiger partial charge in [0.1, 0.15) is 5.69 Å². The molecule has 0 spiro atoms. The topological polar surface area (TPSA) is 88.8 Å². The van der Waals surface area contributed by atoms with E-state index in [4.69, 9.17) is 23.9 Å². The Kier molecular flexibility index (Phi) is 6.07. The minimum atomic E-state index is -0.596. The number of anilines is 1. The van der Waals surface area contributed by atoms with Crippen LogP contribution in [0.15, 0.2) is 42.5 Å². The molecular weight excluding hydrogens is 440 g/mol. The Morgan fingerprint density at radius 1 is 1.18 bits per heavy atom. The first-order valence-corrected chi connectivity index (χ1v) is 10.8. The van der Waals surface area contributed by atoms with Crippen LogP contribution in [0.5, 0.6) is 0 Å². The quantitative estimate of drug-likeness (QED) is 0.588. The summed E-state index contributed by atoms with van der Waals surface area (Å²) in [5.41, 5.74) is 10.1. The minimum Gasteiger partial charge on any atom is -0.378 e. The molecule has 0 fully saturated rings. The first-order chi connectivity index (χ1) is 15.8. The molecule has 0 unspecified atom stereocenters. The standard InChI is InChI=1S/C24H23ClN6O2/c1-27-18-6-4-15(5-7-18)10-21(32)30-8-9-31-20(14-30)22(24(26)33)23(28-31)16-11-17(25)13-19(12-16)29(2)3/h4-7,11-13H,8-10,14H2,2-3H3,(H2,26,33). The number of aromatic nitrogens is 2. The highest BCUT2D eigenvalue weighted by Crippen LogP contribution is 2.33. The molecule has 1 aliphatic heterocycles. The molecule has 0 radical (unpaired) electrons. The molecule has 0 aliphatic carbocycles. The van der Waals surface area contributed by atoms with Gasteiger partial charge in [-0.1, -0.05) is 35.9 Å². The van der Waals surface area contributed by atoms with Gasteiger partial charge in [-0.25, -0.2) is 4.85 Å². The van der Waals surface area contributed by atoms with Crippen LogP contribution in [0, 0.1) is 6.57 Å². The maximum Gasteiger partial charge on any atom is 0.252 e. The summed E-state index contributed by atoms with van der Waals surface area (Å²) in [5.74, 6) is -0.658. The molecule has 168 valence electrons. The van der Waals surface area contributed by atoms with Crippen LogP contribution in [0.2, 0.25) is 5.02 Å². The fraction of sp³-hybridized carbons (Fsp3) is 0.250. The smallest absolute Gasteiger partial charge is 0.252 e. The summed E-state index contributed by atoms with van der Waals surface area (Å²) >= 11 is 6.32. The zero-order valence-corrected chi connectivity index (χ0v) is 19.1. The number of amides is 2. The van der Waals surface area contributed by atoms with E-state index in [-0.39, 0.29) is 18.9 Å². The number of halogens is 1. The lowest BCUT2D eigenvalue weighted by Gasteiger charge is -2.28. The SMILES string of the molecule is [C-]#[N+]c1ccc(CC(=O)N2CCn3nc(-c4cc(Cl)cc(N(C)C)c4)c(C(N)=O)c3C2)cc1. The monoisotopic (exact) mass is 462 g/mol. The van der Waals surface area contributed by atoms with E-state index in [9.17, 15) is 9.59 Å². The van der Waals surface area contributed by atoms with Crippen LogP contribution in [0.1, 0.15) is 21.6 Å². The normalized spacial score (nSPS) is 12.7.